The predicted octanol–water partition coefficient (Wildman–Crippen LogP) is 4.82. The van der Waals surface area contributed by atoms with Gasteiger partial charge in [0.25, 0.3) is 0 Å². The van der Waals surface area contributed by atoms with Gasteiger partial charge in [-0.2, -0.15) is 0 Å². The van der Waals surface area contributed by atoms with Crippen LogP contribution in [-0.4, -0.2) is 22.4 Å². The summed E-state index contributed by atoms with van der Waals surface area (Å²) in [5.74, 6) is 6.29. The van der Waals surface area contributed by atoms with E-state index in [1.54, 1.807) is 0 Å². The fourth-order valence-corrected chi connectivity index (χ4v) is 1.03. The third-order valence-corrected chi connectivity index (χ3v) is 2.89. The Hall–Kier alpha value is -0.600. The predicted molar refractivity (Wildman–Crippen MR) is 89.0 cm³/mol. The molecule has 0 spiro atoms. The molecule has 0 aliphatic heterocycles. The van der Waals surface area contributed by atoms with Crippen molar-refractivity contribution in [1.82, 2.24) is 0 Å². The van der Waals surface area contributed by atoms with Crippen molar-refractivity contribution in [2.75, 3.05) is 0 Å². The zero-order valence-electron chi connectivity index (χ0n) is 16.0. The smallest absolute Gasteiger partial charge is 0.160 e. The highest BCUT2D eigenvalue weighted by molar-refractivity contribution is 5.19. The van der Waals surface area contributed by atoms with Gasteiger partial charge >= 0.3 is 0 Å². The summed E-state index contributed by atoms with van der Waals surface area (Å²) < 4.78 is 0. The maximum absolute atomic E-state index is 5.56. The molecular weight excluding hydrogens is 280 g/mol. The summed E-state index contributed by atoms with van der Waals surface area (Å²) >= 11 is 0. The van der Waals surface area contributed by atoms with Crippen LogP contribution in [-0.2, 0) is 19.6 Å². The third-order valence-electron chi connectivity index (χ3n) is 2.89. The molecule has 0 rings (SSSR count). The molecule has 0 aromatic heterocycles. The molecule has 0 heterocycles. The zero-order valence-corrected chi connectivity index (χ0v) is 16.0. The van der Waals surface area contributed by atoms with E-state index in [1.807, 2.05) is 69.2 Å². The normalized spacial score (nSPS) is 18.1. The second-order valence-electron chi connectivity index (χ2n) is 7.98. The van der Waals surface area contributed by atoms with Crippen molar-refractivity contribution in [3.63, 3.8) is 0 Å². The Bertz CT molecular complexity index is 358. The van der Waals surface area contributed by atoms with Crippen LogP contribution in [0, 0.1) is 11.8 Å². The van der Waals surface area contributed by atoms with E-state index in [1.165, 1.54) is 0 Å². The van der Waals surface area contributed by atoms with E-state index in [9.17, 15) is 0 Å². The van der Waals surface area contributed by atoms with Crippen molar-refractivity contribution in [2.24, 2.45) is 0 Å². The first-order chi connectivity index (χ1) is 9.74. The van der Waals surface area contributed by atoms with E-state index in [0.29, 0.717) is 12.8 Å². The Balaban J connectivity index is 5.00. The van der Waals surface area contributed by atoms with Crippen LogP contribution in [0.15, 0.2) is 0 Å². The topological polar surface area (TPSA) is 36.9 Å². The Morgan fingerprint density at radius 3 is 1.00 bits per heavy atom. The van der Waals surface area contributed by atoms with Crippen molar-refractivity contribution >= 4 is 0 Å². The molecule has 130 valence electrons. The molecule has 0 fully saturated rings. The molecule has 4 heteroatoms. The molecule has 0 saturated heterocycles. The molecule has 0 aliphatic rings. The standard InChI is InChI=1S/C18H34O4/c1-11-17(9,21-19-15(3,4)5)13-14-18(10,12-2)22-20-16(6,7)8/h11-12H2,1-10H3. The molecule has 0 aromatic carbocycles. The quantitative estimate of drug-likeness (QED) is 0.400. The first-order valence-electron chi connectivity index (χ1n) is 8.02. The van der Waals surface area contributed by atoms with Gasteiger partial charge in [0.05, 0.1) is 11.2 Å². The molecule has 0 bridgehead atoms. The molecule has 0 saturated carbocycles. The first kappa shape index (κ1) is 21.4. The van der Waals surface area contributed by atoms with Crippen LogP contribution < -0.4 is 0 Å². The van der Waals surface area contributed by atoms with Crippen LogP contribution in [0.2, 0.25) is 0 Å². The fourth-order valence-electron chi connectivity index (χ4n) is 1.03. The van der Waals surface area contributed by atoms with Crippen LogP contribution >= 0.6 is 0 Å². The highest BCUT2D eigenvalue weighted by atomic mass is 17.2. The number of rotatable bonds is 6. The minimum atomic E-state index is -0.686. The third kappa shape index (κ3) is 9.42. The van der Waals surface area contributed by atoms with Crippen LogP contribution in [0.1, 0.15) is 82.1 Å². The number of hydrogen-bond donors (Lipinski definition) is 0. The van der Waals surface area contributed by atoms with Gasteiger partial charge in [-0.1, -0.05) is 25.7 Å². The molecular formula is C18H34O4. The summed E-state index contributed by atoms with van der Waals surface area (Å²) in [6.45, 7) is 19.5. The Labute approximate surface area is 136 Å². The van der Waals surface area contributed by atoms with E-state index in [-0.39, 0.29) is 11.2 Å². The molecule has 22 heavy (non-hydrogen) atoms. The van der Waals surface area contributed by atoms with E-state index in [0.717, 1.165) is 0 Å². The van der Waals surface area contributed by atoms with Crippen LogP contribution in [0.25, 0.3) is 0 Å². The van der Waals surface area contributed by atoms with Gasteiger partial charge < -0.3 is 0 Å². The maximum Gasteiger partial charge on any atom is 0.160 e. The summed E-state index contributed by atoms with van der Waals surface area (Å²) in [5.41, 5.74) is -2.13. The van der Waals surface area contributed by atoms with Gasteiger partial charge in [0.2, 0.25) is 0 Å². The summed E-state index contributed by atoms with van der Waals surface area (Å²) in [4.78, 5) is 22.0. The van der Waals surface area contributed by atoms with Gasteiger partial charge in [-0.3, -0.25) is 0 Å². The molecule has 0 aromatic rings. The minimum Gasteiger partial charge on any atom is -0.229 e. The lowest BCUT2D eigenvalue weighted by Gasteiger charge is -2.29. The number of hydrogen-bond acceptors (Lipinski definition) is 4. The van der Waals surface area contributed by atoms with Crippen molar-refractivity contribution in [2.45, 2.75) is 104 Å². The van der Waals surface area contributed by atoms with E-state index >= 15 is 0 Å². The highest BCUT2D eigenvalue weighted by Gasteiger charge is 2.29. The molecule has 0 N–H and O–H groups in total. The average molecular weight is 314 g/mol. The molecule has 0 radical (unpaired) electrons. The molecule has 4 nitrogen and oxygen atoms in total. The average Bonchev–Trinajstić information content (AvgIpc) is 2.39. The molecule has 2 atom stereocenters. The summed E-state index contributed by atoms with van der Waals surface area (Å²) in [7, 11) is 0. The van der Waals surface area contributed by atoms with Crippen molar-refractivity contribution < 1.29 is 19.6 Å². The van der Waals surface area contributed by atoms with Gasteiger partial charge in [-0.25, -0.2) is 19.6 Å². The summed E-state index contributed by atoms with van der Waals surface area (Å²) in [6.07, 6.45) is 1.41. The molecule has 0 aliphatic carbocycles. The summed E-state index contributed by atoms with van der Waals surface area (Å²) in [5, 5.41) is 0. The largest absolute Gasteiger partial charge is 0.229 e. The van der Waals surface area contributed by atoms with Crippen molar-refractivity contribution in [3.05, 3.63) is 0 Å². The van der Waals surface area contributed by atoms with Gasteiger partial charge in [-0.15, -0.1) is 0 Å². The van der Waals surface area contributed by atoms with Crippen LogP contribution in [0.4, 0.5) is 0 Å². The van der Waals surface area contributed by atoms with Gasteiger partial charge in [-0.05, 0) is 68.2 Å². The minimum absolute atomic E-state index is 0.377. The van der Waals surface area contributed by atoms with Crippen LogP contribution in [0.5, 0.6) is 0 Å². The monoisotopic (exact) mass is 314 g/mol. The fraction of sp³-hybridized carbons (Fsp3) is 0.889. The van der Waals surface area contributed by atoms with Crippen LogP contribution in [0.3, 0.4) is 0 Å². The highest BCUT2D eigenvalue weighted by Crippen LogP contribution is 2.22. The van der Waals surface area contributed by atoms with Crippen molar-refractivity contribution in [1.29, 1.82) is 0 Å². The van der Waals surface area contributed by atoms with E-state index in [4.69, 9.17) is 19.6 Å². The van der Waals surface area contributed by atoms with Gasteiger partial charge in [0.15, 0.2) is 11.2 Å². The first-order valence-corrected chi connectivity index (χ1v) is 8.02. The second-order valence-corrected chi connectivity index (χ2v) is 7.98. The summed E-state index contributed by atoms with van der Waals surface area (Å²) in [6, 6.07) is 0. The maximum atomic E-state index is 5.56. The lowest BCUT2D eigenvalue weighted by Crippen LogP contribution is -2.34. The Morgan fingerprint density at radius 2 is 0.818 bits per heavy atom. The van der Waals surface area contributed by atoms with Gasteiger partial charge in [0, 0.05) is 0 Å². The Morgan fingerprint density at radius 1 is 0.545 bits per heavy atom. The molecule has 2 unspecified atom stereocenters. The zero-order chi connectivity index (χ0) is 17.7. The second kappa shape index (κ2) is 7.79. The lowest BCUT2D eigenvalue weighted by atomic mass is 9.99. The van der Waals surface area contributed by atoms with E-state index in [2.05, 4.69) is 11.8 Å². The van der Waals surface area contributed by atoms with Gasteiger partial charge in [0.1, 0.15) is 0 Å². The van der Waals surface area contributed by atoms with Crippen molar-refractivity contribution in [3.8, 4) is 11.8 Å². The Kier molecular flexibility index (Phi) is 7.57. The lowest BCUT2D eigenvalue weighted by molar-refractivity contribution is -0.390. The molecule has 0 amide bonds. The SMILES string of the molecule is CCC(C)(C#CC(C)(CC)OOC(C)(C)C)OOC(C)(C)C. The van der Waals surface area contributed by atoms with E-state index < -0.39 is 11.2 Å².